The van der Waals surface area contributed by atoms with Crippen LogP contribution < -0.4 is 5.73 Å². The molecule has 0 saturated heterocycles. The molecule has 23 heavy (non-hydrogen) atoms. The summed E-state index contributed by atoms with van der Waals surface area (Å²) >= 11 is 1.72. The molecule has 6 heteroatoms. The summed E-state index contributed by atoms with van der Waals surface area (Å²) in [5.41, 5.74) is 9.07. The monoisotopic (exact) mass is 326 g/mol. The van der Waals surface area contributed by atoms with Gasteiger partial charge in [-0.25, -0.2) is 4.99 Å². The quantitative estimate of drug-likeness (QED) is 0.875. The smallest absolute Gasteiger partial charge is 0.231 e. The summed E-state index contributed by atoms with van der Waals surface area (Å²) in [4.78, 5) is 25.1. The van der Waals surface area contributed by atoms with Gasteiger partial charge in [0, 0.05) is 34.8 Å². The highest BCUT2D eigenvalue weighted by Crippen LogP contribution is 2.50. The van der Waals surface area contributed by atoms with Crippen LogP contribution in [0.1, 0.15) is 28.8 Å². The Bertz CT molecular complexity index is 841. The molecule has 118 valence electrons. The lowest BCUT2D eigenvalue weighted by Gasteiger charge is -2.33. The fourth-order valence-corrected chi connectivity index (χ4v) is 4.75. The highest BCUT2D eigenvalue weighted by molar-refractivity contribution is 7.15. The number of guanidine groups is 1. The second-order valence-electron chi connectivity index (χ2n) is 6.35. The van der Waals surface area contributed by atoms with E-state index in [1.165, 1.54) is 20.2 Å². The van der Waals surface area contributed by atoms with Gasteiger partial charge in [-0.2, -0.15) is 0 Å². The molecular formula is C17H18N4OS. The van der Waals surface area contributed by atoms with Crippen molar-refractivity contribution in [1.82, 2.24) is 9.88 Å². The molecule has 0 bridgehead atoms. The molecule has 1 aliphatic heterocycles. The molecular weight excluding hydrogens is 308 g/mol. The van der Waals surface area contributed by atoms with Crippen LogP contribution in [-0.2, 0) is 16.8 Å². The van der Waals surface area contributed by atoms with Crippen LogP contribution in [0, 0.1) is 6.92 Å². The van der Waals surface area contributed by atoms with Crippen molar-refractivity contribution in [3.8, 4) is 10.4 Å². The average Bonchev–Trinajstić information content (AvgIpc) is 3.07. The Morgan fingerprint density at radius 1 is 1.35 bits per heavy atom. The number of aryl methyl sites for hydroxylation is 2. The number of aliphatic imine (C=N–C) groups is 1. The number of hydrogen-bond donors (Lipinski definition) is 1. The van der Waals surface area contributed by atoms with E-state index in [-0.39, 0.29) is 5.91 Å². The molecule has 2 N–H and O–H groups in total. The molecule has 1 aliphatic carbocycles. The summed E-state index contributed by atoms with van der Waals surface area (Å²) in [6.07, 6.45) is 5.95. The van der Waals surface area contributed by atoms with Crippen molar-refractivity contribution >= 4 is 23.2 Å². The van der Waals surface area contributed by atoms with Crippen molar-refractivity contribution in [2.24, 2.45) is 10.7 Å². The summed E-state index contributed by atoms with van der Waals surface area (Å²) in [6.45, 7) is 2.04. The Labute approximate surface area is 138 Å². The number of aromatic nitrogens is 1. The van der Waals surface area contributed by atoms with E-state index in [0.29, 0.717) is 12.4 Å². The van der Waals surface area contributed by atoms with Gasteiger partial charge in [0.25, 0.3) is 0 Å². The third-order valence-electron chi connectivity index (χ3n) is 4.69. The van der Waals surface area contributed by atoms with Crippen LogP contribution in [0.3, 0.4) is 0 Å². The normalized spacial score (nSPS) is 23.3. The summed E-state index contributed by atoms with van der Waals surface area (Å²) in [5.74, 6) is 0.360. The van der Waals surface area contributed by atoms with Crippen LogP contribution in [0.15, 0.2) is 29.5 Å². The minimum atomic E-state index is -0.455. The highest BCUT2D eigenvalue weighted by atomic mass is 32.1. The number of pyridine rings is 1. The number of fused-ring (bicyclic) bond motifs is 2. The molecule has 0 radical (unpaired) electrons. The third-order valence-corrected chi connectivity index (χ3v) is 6.11. The van der Waals surface area contributed by atoms with E-state index in [1.54, 1.807) is 18.4 Å². The molecule has 1 amide bonds. The maximum atomic E-state index is 12.3. The number of nitrogens with two attached hydrogens (primary N) is 1. The summed E-state index contributed by atoms with van der Waals surface area (Å²) in [7, 11) is 1.68. The van der Waals surface area contributed by atoms with Crippen molar-refractivity contribution in [2.45, 2.75) is 31.7 Å². The molecule has 5 nitrogen and oxygen atoms in total. The topological polar surface area (TPSA) is 71.6 Å². The van der Waals surface area contributed by atoms with Gasteiger partial charge >= 0.3 is 0 Å². The number of nitrogens with zero attached hydrogens (tertiary/aromatic N) is 3. The van der Waals surface area contributed by atoms with Crippen LogP contribution in [0.4, 0.5) is 0 Å². The van der Waals surface area contributed by atoms with Gasteiger partial charge < -0.3 is 5.73 Å². The van der Waals surface area contributed by atoms with Crippen molar-refractivity contribution in [1.29, 1.82) is 0 Å². The van der Waals surface area contributed by atoms with Gasteiger partial charge in [-0.3, -0.25) is 14.7 Å². The number of hydrogen-bond acceptors (Lipinski definition) is 5. The fourth-order valence-electron chi connectivity index (χ4n) is 3.40. The Hall–Kier alpha value is -2.21. The zero-order valence-corrected chi connectivity index (χ0v) is 14.0. The lowest BCUT2D eigenvalue weighted by molar-refractivity contribution is -0.128. The maximum Gasteiger partial charge on any atom is 0.231 e. The van der Waals surface area contributed by atoms with E-state index in [0.717, 1.165) is 24.0 Å². The van der Waals surface area contributed by atoms with Gasteiger partial charge in [-0.05, 0) is 43.0 Å². The zero-order chi connectivity index (χ0) is 16.2. The molecule has 2 aromatic rings. The zero-order valence-electron chi connectivity index (χ0n) is 13.2. The second-order valence-corrected chi connectivity index (χ2v) is 7.40. The number of amides is 1. The van der Waals surface area contributed by atoms with Gasteiger partial charge in [0.2, 0.25) is 5.91 Å². The summed E-state index contributed by atoms with van der Waals surface area (Å²) < 4.78 is 0. The number of rotatable bonds is 1. The first kappa shape index (κ1) is 14.4. The first-order chi connectivity index (χ1) is 11.0. The molecule has 2 aliphatic rings. The van der Waals surface area contributed by atoms with Crippen molar-refractivity contribution in [3.05, 3.63) is 40.5 Å². The van der Waals surface area contributed by atoms with Crippen LogP contribution in [-0.4, -0.2) is 28.8 Å². The third kappa shape index (κ3) is 2.16. The van der Waals surface area contributed by atoms with Gasteiger partial charge in [0.05, 0.1) is 6.42 Å². The van der Waals surface area contributed by atoms with Gasteiger partial charge in [-0.15, -0.1) is 11.3 Å². The molecule has 4 rings (SSSR count). The van der Waals surface area contributed by atoms with Gasteiger partial charge in [0.15, 0.2) is 5.96 Å². The maximum absolute atomic E-state index is 12.3. The molecule has 0 fully saturated rings. The first-order valence-corrected chi connectivity index (χ1v) is 8.47. The lowest BCUT2D eigenvalue weighted by Crippen LogP contribution is -2.47. The molecule has 3 heterocycles. The molecule has 2 aromatic heterocycles. The number of thiophene rings is 1. The number of carbonyl (C=O) groups excluding carboxylic acids is 1. The van der Waals surface area contributed by atoms with Gasteiger partial charge in [-0.1, -0.05) is 0 Å². The molecule has 0 unspecified atom stereocenters. The average molecular weight is 326 g/mol. The van der Waals surface area contributed by atoms with Crippen molar-refractivity contribution in [3.63, 3.8) is 0 Å². The lowest BCUT2D eigenvalue weighted by atomic mass is 9.93. The minimum Gasteiger partial charge on any atom is -0.369 e. The Balaban J connectivity index is 1.80. The molecule has 1 atom stereocenters. The van der Waals surface area contributed by atoms with E-state index >= 15 is 0 Å². The van der Waals surface area contributed by atoms with Crippen LogP contribution in [0.2, 0.25) is 0 Å². The molecule has 1 spiro atoms. The largest absolute Gasteiger partial charge is 0.369 e. The standard InChI is InChI=1S/C17H18N4OS/c1-10-5-12(9-19-8-10)13-6-11-3-4-17(15(11)23-13)7-14(22)21(2)16(18)20-17/h5-6,8-9H,3-4,7H2,1-2H3,(H2,18,20)/t17-/m0/s1. The van der Waals surface area contributed by atoms with Crippen LogP contribution >= 0.6 is 11.3 Å². The summed E-state index contributed by atoms with van der Waals surface area (Å²) in [5, 5.41) is 0. The van der Waals surface area contributed by atoms with E-state index in [4.69, 9.17) is 10.7 Å². The van der Waals surface area contributed by atoms with E-state index in [2.05, 4.69) is 17.1 Å². The second kappa shape index (κ2) is 4.89. The Kier molecular flexibility index (Phi) is 3.06. The van der Waals surface area contributed by atoms with Crippen LogP contribution in [0.5, 0.6) is 0 Å². The van der Waals surface area contributed by atoms with Crippen molar-refractivity contribution in [2.75, 3.05) is 7.05 Å². The Morgan fingerprint density at radius 3 is 2.91 bits per heavy atom. The highest BCUT2D eigenvalue weighted by Gasteiger charge is 2.46. The number of carbonyl (C=O) groups is 1. The predicted molar refractivity (Wildman–Crippen MR) is 91.3 cm³/mol. The molecule has 0 aromatic carbocycles. The summed E-state index contributed by atoms with van der Waals surface area (Å²) in [6, 6.07) is 4.36. The van der Waals surface area contributed by atoms with E-state index < -0.39 is 5.54 Å². The minimum absolute atomic E-state index is 0.0394. The first-order valence-electron chi connectivity index (χ1n) is 7.66. The van der Waals surface area contributed by atoms with Crippen LogP contribution in [0.25, 0.3) is 10.4 Å². The SMILES string of the molecule is Cc1cncc(-c2cc3c(s2)[C@]2(CC3)CC(=O)N(C)C(N)=N2)c1. The predicted octanol–water partition coefficient (Wildman–Crippen LogP) is 2.44. The van der Waals surface area contributed by atoms with Crippen molar-refractivity contribution < 1.29 is 4.79 Å². The van der Waals surface area contributed by atoms with E-state index in [1.807, 2.05) is 19.3 Å². The van der Waals surface area contributed by atoms with E-state index in [9.17, 15) is 4.79 Å². The molecule has 0 saturated carbocycles. The Morgan fingerprint density at radius 2 is 2.17 bits per heavy atom. The van der Waals surface area contributed by atoms with Gasteiger partial charge in [0.1, 0.15) is 5.54 Å². The fraction of sp³-hybridized carbons (Fsp3) is 0.353.